The minimum Gasteiger partial charge on any atom is -0.456 e. The molecule has 2 aromatic heterocycles. The fraction of sp³-hybridized carbons (Fsp3) is 0.556. The van der Waals surface area contributed by atoms with E-state index in [9.17, 15) is 9.90 Å². The van der Waals surface area contributed by atoms with Crippen LogP contribution in [0.2, 0.25) is 0 Å². The highest BCUT2D eigenvalue weighted by Crippen LogP contribution is 2.30. The summed E-state index contributed by atoms with van der Waals surface area (Å²) in [6.07, 6.45) is 1.83. The number of hydrogen-bond donors (Lipinski definition) is 1. The molecule has 2 rings (SSSR count). The third-order valence-corrected chi connectivity index (χ3v) is 3.99. The Morgan fingerprint density at radius 1 is 1.43 bits per heavy atom. The van der Waals surface area contributed by atoms with Crippen LogP contribution in [-0.4, -0.2) is 32.3 Å². The van der Waals surface area contributed by atoms with Gasteiger partial charge in [-0.05, 0) is 53.2 Å². The van der Waals surface area contributed by atoms with E-state index in [-0.39, 0.29) is 12.0 Å². The van der Waals surface area contributed by atoms with Crippen LogP contribution >= 0.6 is 0 Å². The number of carbonyl (C=O) groups is 1. The highest BCUT2D eigenvalue weighted by Gasteiger charge is 2.28. The zero-order chi connectivity index (χ0) is 17.4. The zero-order valence-corrected chi connectivity index (χ0v) is 14.8. The number of aliphatic hydroxyl groups excluding tert-OH is 1. The van der Waals surface area contributed by atoms with Crippen molar-refractivity contribution in [2.24, 2.45) is 0 Å². The summed E-state index contributed by atoms with van der Waals surface area (Å²) in [6, 6.07) is 3.51. The molecule has 23 heavy (non-hydrogen) atoms. The van der Waals surface area contributed by atoms with Crippen molar-refractivity contribution in [2.75, 3.05) is 0 Å². The highest BCUT2D eigenvalue weighted by atomic mass is 16.6. The summed E-state index contributed by atoms with van der Waals surface area (Å²) >= 11 is 0. The number of aromatic nitrogens is 2. The largest absolute Gasteiger partial charge is 0.456 e. The van der Waals surface area contributed by atoms with Crippen LogP contribution < -0.4 is 0 Å². The van der Waals surface area contributed by atoms with Crippen molar-refractivity contribution in [1.82, 2.24) is 9.55 Å². The third-order valence-electron chi connectivity index (χ3n) is 3.99. The monoisotopic (exact) mass is 318 g/mol. The fourth-order valence-electron chi connectivity index (χ4n) is 2.86. The van der Waals surface area contributed by atoms with E-state index in [4.69, 9.17) is 4.74 Å². The Balaban J connectivity index is 2.63. The van der Waals surface area contributed by atoms with Gasteiger partial charge < -0.3 is 14.4 Å². The van der Waals surface area contributed by atoms with Crippen LogP contribution in [0.25, 0.3) is 11.0 Å². The molecule has 0 aromatic carbocycles. The summed E-state index contributed by atoms with van der Waals surface area (Å²) in [5.41, 5.74) is 1.44. The van der Waals surface area contributed by atoms with E-state index in [1.54, 1.807) is 12.3 Å². The fourth-order valence-corrected chi connectivity index (χ4v) is 2.86. The minimum atomic E-state index is -0.561. The Kier molecular flexibility index (Phi) is 4.80. The van der Waals surface area contributed by atoms with E-state index in [1.165, 1.54) is 0 Å². The van der Waals surface area contributed by atoms with Gasteiger partial charge >= 0.3 is 5.97 Å². The van der Waals surface area contributed by atoms with Gasteiger partial charge in [-0.2, -0.15) is 0 Å². The number of pyridine rings is 1. The maximum Gasteiger partial charge on any atom is 0.341 e. The van der Waals surface area contributed by atoms with E-state index in [2.05, 4.69) is 4.98 Å². The molecule has 0 fully saturated rings. The number of rotatable bonds is 4. The second-order valence-electron chi connectivity index (χ2n) is 6.92. The molecule has 126 valence electrons. The molecule has 0 aliphatic rings. The summed E-state index contributed by atoms with van der Waals surface area (Å²) in [5.74, 6) is -0.357. The summed E-state index contributed by atoms with van der Waals surface area (Å²) in [7, 11) is 0. The lowest BCUT2D eigenvalue weighted by atomic mass is 10.1. The van der Waals surface area contributed by atoms with Gasteiger partial charge in [0.2, 0.25) is 0 Å². The lowest BCUT2D eigenvalue weighted by molar-refractivity contribution is 0.00702. The predicted molar refractivity (Wildman–Crippen MR) is 90.6 cm³/mol. The van der Waals surface area contributed by atoms with Crippen LogP contribution in [-0.2, 0) is 4.74 Å². The van der Waals surface area contributed by atoms with Crippen molar-refractivity contribution in [2.45, 2.75) is 65.7 Å². The lowest BCUT2D eigenvalue weighted by Gasteiger charge is -2.22. The molecule has 0 saturated carbocycles. The maximum atomic E-state index is 12.6. The van der Waals surface area contributed by atoms with Crippen LogP contribution in [0.15, 0.2) is 18.3 Å². The van der Waals surface area contributed by atoms with Gasteiger partial charge in [0, 0.05) is 17.3 Å². The van der Waals surface area contributed by atoms with E-state index in [0.29, 0.717) is 17.6 Å². The van der Waals surface area contributed by atoms with Gasteiger partial charge in [-0.3, -0.25) is 0 Å². The van der Waals surface area contributed by atoms with Crippen molar-refractivity contribution in [3.63, 3.8) is 0 Å². The first-order valence-electron chi connectivity index (χ1n) is 8.04. The number of hydrogen-bond acceptors (Lipinski definition) is 4. The number of nitrogens with zero attached hydrogens (tertiary/aromatic N) is 2. The summed E-state index contributed by atoms with van der Waals surface area (Å²) in [4.78, 5) is 17.1. The third kappa shape index (κ3) is 3.39. The van der Waals surface area contributed by atoms with Gasteiger partial charge in [0.25, 0.3) is 0 Å². The van der Waals surface area contributed by atoms with Gasteiger partial charge in [-0.25, -0.2) is 9.78 Å². The standard InChI is InChI=1S/C18H26N2O3/c1-7-14(21)11(2)20-12(3)15(17(22)23-18(4,5)6)13-9-8-10-19-16(13)20/h8-11,14,21H,7H2,1-6H3. The SMILES string of the molecule is CCC(O)C(C)n1c(C)c(C(=O)OC(C)(C)C)c2cccnc21. The molecule has 2 atom stereocenters. The predicted octanol–water partition coefficient (Wildman–Crippen LogP) is 3.63. The first-order valence-corrected chi connectivity index (χ1v) is 8.04. The van der Waals surface area contributed by atoms with Crippen LogP contribution in [0.4, 0.5) is 0 Å². The summed E-state index contributed by atoms with van der Waals surface area (Å²) in [6.45, 7) is 11.3. The van der Waals surface area contributed by atoms with Crippen LogP contribution in [0, 0.1) is 6.92 Å². The molecule has 0 aliphatic carbocycles. The molecule has 2 heterocycles. The first-order chi connectivity index (χ1) is 10.7. The van der Waals surface area contributed by atoms with Gasteiger partial charge in [-0.1, -0.05) is 6.92 Å². The van der Waals surface area contributed by atoms with Crippen molar-refractivity contribution in [3.8, 4) is 0 Å². The minimum absolute atomic E-state index is 0.173. The number of aliphatic hydroxyl groups is 1. The van der Waals surface area contributed by atoms with E-state index < -0.39 is 11.7 Å². The number of ether oxygens (including phenoxy) is 1. The zero-order valence-electron chi connectivity index (χ0n) is 14.8. The van der Waals surface area contributed by atoms with Crippen molar-refractivity contribution < 1.29 is 14.6 Å². The first kappa shape index (κ1) is 17.5. The topological polar surface area (TPSA) is 64.4 Å². The quantitative estimate of drug-likeness (QED) is 0.874. The molecule has 0 amide bonds. The second kappa shape index (κ2) is 6.32. The molecule has 2 aromatic rings. The Morgan fingerprint density at radius 3 is 2.65 bits per heavy atom. The summed E-state index contributed by atoms with van der Waals surface area (Å²) < 4.78 is 7.48. The van der Waals surface area contributed by atoms with Crippen molar-refractivity contribution in [1.29, 1.82) is 0 Å². The Morgan fingerprint density at radius 2 is 2.09 bits per heavy atom. The molecule has 0 aliphatic heterocycles. The van der Waals surface area contributed by atoms with Crippen LogP contribution in [0.5, 0.6) is 0 Å². The molecule has 1 N–H and O–H groups in total. The van der Waals surface area contributed by atoms with Gasteiger partial charge in [-0.15, -0.1) is 0 Å². The average molecular weight is 318 g/mol. The molecule has 5 nitrogen and oxygen atoms in total. The molecule has 5 heteroatoms. The molecular weight excluding hydrogens is 292 g/mol. The van der Waals surface area contributed by atoms with Gasteiger partial charge in [0.15, 0.2) is 0 Å². The van der Waals surface area contributed by atoms with Crippen LogP contribution in [0.1, 0.15) is 63.1 Å². The summed E-state index contributed by atoms with van der Waals surface area (Å²) in [5, 5.41) is 11.0. The molecule has 0 bridgehead atoms. The molecular formula is C18H26N2O3. The molecule has 0 spiro atoms. The van der Waals surface area contributed by atoms with Gasteiger partial charge in [0.05, 0.1) is 17.7 Å². The Hall–Kier alpha value is -1.88. The smallest absolute Gasteiger partial charge is 0.341 e. The maximum absolute atomic E-state index is 12.6. The second-order valence-corrected chi connectivity index (χ2v) is 6.92. The number of fused-ring (bicyclic) bond motifs is 1. The molecule has 0 saturated heterocycles. The average Bonchev–Trinajstić information content (AvgIpc) is 2.75. The van der Waals surface area contributed by atoms with Crippen molar-refractivity contribution >= 4 is 17.0 Å². The highest BCUT2D eigenvalue weighted by molar-refractivity contribution is 6.05. The van der Waals surface area contributed by atoms with E-state index in [0.717, 1.165) is 11.1 Å². The van der Waals surface area contributed by atoms with Gasteiger partial charge in [0.1, 0.15) is 11.2 Å². The van der Waals surface area contributed by atoms with E-state index >= 15 is 0 Å². The Bertz CT molecular complexity index is 713. The van der Waals surface area contributed by atoms with Crippen LogP contribution in [0.3, 0.4) is 0 Å². The Labute approximate surface area is 137 Å². The lowest BCUT2D eigenvalue weighted by Crippen LogP contribution is -2.25. The number of carbonyl (C=O) groups excluding carboxylic acids is 1. The van der Waals surface area contributed by atoms with Crippen molar-refractivity contribution in [3.05, 3.63) is 29.6 Å². The van der Waals surface area contributed by atoms with E-state index in [1.807, 2.05) is 52.2 Å². The number of esters is 1. The normalized spacial score (nSPS) is 14.7. The molecule has 0 radical (unpaired) electrons. The molecule has 2 unspecified atom stereocenters.